The molecule has 0 spiro atoms. The number of carbonyl (C=O) groups excluding carboxylic acids is 2. The molecule has 0 amide bonds. The van der Waals surface area contributed by atoms with Gasteiger partial charge in [-0.25, -0.2) is 0 Å². The topological polar surface area (TPSA) is 336 Å². The molecule has 18 heteroatoms. The Labute approximate surface area is 339 Å². The number of hydrogen-bond acceptors (Lipinski definition) is 18. The van der Waals surface area contributed by atoms with E-state index in [9.17, 15) is 81.1 Å². The van der Waals surface area contributed by atoms with Crippen LogP contribution >= 0.6 is 0 Å². The normalized spacial score (nSPS) is 32.2. The quantitative estimate of drug-likeness (QED) is 0.0934. The summed E-state index contributed by atoms with van der Waals surface area (Å²) in [6.45, 7) is -3.16. The van der Waals surface area contributed by atoms with E-state index in [2.05, 4.69) is 0 Å². The lowest BCUT2D eigenvalue weighted by molar-refractivity contribution is -0.239. The SMILES string of the molecule is O=C1c2c(O)cccc2[C@](c2ccc3c(c2O)C(=O)c2c(O)cc(CO)cc2[C@H]3C2O[C@H](CO)[C@@H](O)[C@H](O)[C@H]2O)([C@@H]2O[C@H](CO)[C@@H](O)[C@H](O)[C@H]2O)c2cc(CO)cc(O)c21. The standard InChI is InChI=1S/C42H42O18/c43-10-14-6-17-26(40-38(57)36(55)32(51)24(12-45)59-40)16-4-5-19(31(50)28(16)34(53)27(17)22(48)8-14)42(41-39(58)37(56)33(52)25(13-46)60-41)18-2-1-3-21(47)29(18)35(54)30-20(42)7-15(11-44)9-23(30)49/h1-9,24-26,32-33,36-41,43-52,55-58H,10-13H2/t24-,25-,26+,32-,33-,36+,37+,38-,39-,40?,41-,42-/m1/s1. The van der Waals surface area contributed by atoms with Gasteiger partial charge in [-0.3, -0.25) is 9.59 Å². The van der Waals surface area contributed by atoms with Crippen molar-refractivity contribution in [3.63, 3.8) is 0 Å². The summed E-state index contributed by atoms with van der Waals surface area (Å²) in [6, 6.07) is 10.9. The third-order valence-corrected chi connectivity index (χ3v) is 12.4. The Hall–Kier alpha value is -5.06. The number of ketones is 2. The molecule has 4 aromatic carbocycles. The van der Waals surface area contributed by atoms with E-state index in [0.717, 1.165) is 18.2 Å². The maximum atomic E-state index is 14.9. The summed E-state index contributed by atoms with van der Waals surface area (Å²) in [4.78, 5) is 29.2. The van der Waals surface area contributed by atoms with Crippen molar-refractivity contribution in [1.29, 1.82) is 0 Å². The third kappa shape index (κ3) is 5.73. The lowest BCUT2D eigenvalue weighted by Gasteiger charge is -2.52. The summed E-state index contributed by atoms with van der Waals surface area (Å²) in [5.74, 6) is -6.49. The zero-order valence-corrected chi connectivity index (χ0v) is 31.3. The van der Waals surface area contributed by atoms with Crippen LogP contribution in [0, 0.1) is 0 Å². The van der Waals surface area contributed by atoms with E-state index in [4.69, 9.17) is 9.47 Å². The van der Waals surface area contributed by atoms with Crippen molar-refractivity contribution in [2.75, 3.05) is 13.2 Å². The Balaban J connectivity index is 1.50. The molecule has 4 aliphatic rings. The van der Waals surface area contributed by atoms with E-state index < -0.39 is 161 Å². The van der Waals surface area contributed by atoms with Gasteiger partial charge in [-0.2, -0.15) is 0 Å². The fourth-order valence-electron chi connectivity index (χ4n) is 9.68. The summed E-state index contributed by atoms with van der Waals surface area (Å²) < 4.78 is 12.2. The number of hydrogen-bond donors (Lipinski definition) is 14. The monoisotopic (exact) mass is 834 g/mol. The smallest absolute Gasteiger partial charge is 0.201 e. The van der Waals surface area contributed by atoms with Crippen LogP contribution in [0.1, 0.15) is 76.7 Å². The van der Waals surface area contributed by atoms with Crippen LogP contribution in [-0.2, 0) is 28.1 Å². The summed E-state index contributed by atoms with van der Waals surface area (Å²) in [7, 11) is 0. The predicted molar refractivity (Wildman–Crippen MR) is 200 cm³/mol. The van der Waals surface area contributed by atoms with Crippen molar-refractivity contribution in [3.05, 3.63) is 116 Å². The summed E-state index contributed by atoms with van der Waals surface area (Å²) in [5, 5.41) is 155. The summed E-state index contributed by atoms with van der Waals surface area (Å²) in [6.07, 6.45) is -18.5. The van der Waals surface area contributed by atoms with Gasteiger partial charge in [0.2, 0.25) is 11.6 Å². The number of rotatable bonds is 7. The first-order valence-electron chi connectivity index (χ1n) is 18.9. The van der Waals surface area contributed by atoms with Gasteiger partial charge < -0.3 is 81.0 Å². The number of aliphatic hydroxyl groups is 10. The first kappa shape index (κ1) is 41.7. The zero-order valence-electron chi connectivity index (χ0n) is 31.3. The number of phenols is 4. The number of fused-ring (bicyclic) bond motifs is 4. The van der Waals surface area contributed by atoms with Crippen LogP contribution in [0.4, 0.5) is 0 Å². The van der Waals surface area contributed by atoms with Gasteiger partial charge in [0, 0.05) is 11.5 Å². The molecule has 60 heavy (non-hydrogen) atoms. The van der Waals surface area contributed by atoms with Crippen molar-refractivity contribution in [2.45, 2.75) is 85.6 Å². The van der Waals surface area contributed by atoms with Crippen molar-refractivity contribution in [1.82, 2.24) is 0 Å². The largest absolute Gasteiger partial charge is 0.507 e. The van der Waals surface area contributed by atoms with Crippen molar-refractivity contribution in [2.24, 2.45) is 0 Å². The highest BCUT2D eigenvalue weighted by Gasteiger charge is 2.61. The molecule has 0 saturated carbocycles. The van der Waals surface area contributed by atoms with Crippen LogP contribution in [-0.4, -0.2) is 157 Å². The molecule has 8 rings (SSSR count). The van der Waals surface area contributed by atoms with Gasteiger partial charge >= 0.3 is 0 Å². The van der Waals surface area contributed by atoms with Crippen molar-refractivity contribution < 1.29 is 90.6 Å². The molecule has 1 unspecified atom stereocenters. The van der Waals surface area contributed by atoms with E-state index >= 15 is 0 Å². The van der Waals surface area contributed by atoms with Crippen LogP contribution in [0.3, 0.4) is 0 Å². The Morgan fingerprint density at radius 3 is 1.72 bits per heavy atom. The van der Waals surface area contributed by atoms with E-state index in [0.29, 0.717) is 0 Å². The first-order valence-corrected chi connectivity index (χ1v) is 18.9. The second-order valence-corrected chi connectivity index (χ2v) is 15.5. The van der Waals surface area contributed by atoms with E-state index in [1.807, 2.05) is 0 Å². The molecule has 0 radical (unpaired) electrons. The minimum Gasteiger partial charge on any atom is -0.507 e. The molecule has 0 aromatic heterocycles. The average Bonchev–Trinajstić information content (AvgIpc) is 3.23. The lowest BCUT2D eigenvalue weighted by atomic mass is 9.56. The number of carbonyl (C=O) groups is 2. The van der Waals surface area contributed by atoms with E-state index in [1.165, 1.54) is 36.4 Å². The number of benzene rings is 4. The summed E-state index contributed by atoms with van der Waals surface area (Å²) >= 11 is 0. The molecule has 14 N–H and O–H groups in total. The third-order valence-electron chi connectivity index (χ3n) is 12.4. The second kappa shape index (κ2) is 15.1. The Bertz CT molecular complexity index is 2390. The highest BCUT2D eigenvalue weighted by molar-refractivity contribution is 6.18. The number of aromatic hydroxyl groups is 4. The van der Waals surface area contributed by atoms with Gasteiger partial charge in [-0.05, 0) is 51.6 Å². The molecular formula is C42H42O18. The minimum atomic E-state index is -2.44. The zero-order chi connectivity index (χ0) is 43.3. The van der Waals surface area contributed by atoms with Crippen LogP contribution in [0.25, 0.3) is 0 Å². The van der Waals surface area contributed by atoms with Gasteiger partial charge in [0.05, 0.1) is 60.2 Å². The van der Waals surface area contributed by atoms with Crippen molar-refractivity contribution >= 4 is 11.6 Å². The van der Waals surface area contributed by atoms with Crippen LogP contribution in [0.15, 0.2) is 54.6 Å². The van der Waals surface area contributed by atoms with Crippen molar-refractivity contribution in [3.8, 4) is 23.0 Å². The van der Waals surface area contributed by atoms with Gasteiger partial charge in [0.25, 0.3) is 0 Å². The van der Waals surface area contributed by atoms with E-state index in [1.54, 1.807) is 0 Å². The molecule has 2 aliphatic carbocycles. The predicted octanol–water partition coefficient (Wildman–Crippen LogP) is -2.27. The molecule has 0 bridgehead atoms. The minimum absolute atomic E-state index is 0.0219. The highest BCUT2D eigenvalue weighted by Crippen LogP contribution is 2.59. The second-order valence-electron chi connectivity index (χ2n) is 15.5. The molecule has 2 saturated heterocycles. The fourth-order valence-corrected chi connectivity index (χ4v) is 9.68. The van der Waals surface area contributed by atoms with Gasteiger partial charge in [-0.15, -0.1) is 0 Å². The molecule has 18 nitrogen and oxygen atoms in total. The fraction of sp³-hybridized carbons (Fsp3) is 0.381. The summed E-state index contributed by atoms with van der Waals surface area (Å²) in [5.41, 5.74) is -5.58. The molecular weight excluding hydrogens is 792 g/mol. The Morgan fingerprint density at radius 2 is 1.08 bits per heavy atom. The highest BCUT2D eigenvalue weighted by atomic mass is 16.6. The number of aliphatic hydroxyl groups excluding tert-OH is 10. The number of ether oxygens (including phenoxy) is 2. The van der Waals surface area contributed by atoms with Crippen LogP contribution < -0.4 is 0 Å². The lowest BCUT2D eigenvalue weighted by Crippen LogP contribution is -2.65. The van der Waals surface area contributed by atoms with E-state index in [-0.39, 0.29) is 33.4 Å². The Kier molecular flexibility index (Phi) is 10.5. The molecule has 2 fully saturated rings. The van der Waals surface area contributed by atoms with Crippen LogP contribution in [0.5, 0.6) is 23.0 Å². The van der Waals surface area contributed by atoms with Gasteiger partial charge in [0.1, 0.15) is 77.9 Å². The Morgan fingerprint density at radius 1 is 0.517 bits per heavy atom. The molecule has 12 atom stereocenters. The maximum absolute atomic E-state index is 14.9. The molecule has 4 aromatic rings. The van der Waals surface area contributed by atoms with Gasteiger partial charge in [0.15, 0.2) is 0 Å². The number of phenolic OH excluding ortho intramolecular Hbond substituents is 4. The maximum Gasteiger partial charge on any atom is 0.201 e. The molecule has 2 aliphatic heterocycles. The molecule has 2 heterocycles. The first-order chi connectivity index (χ1) is 28.6. The van der Waals surface area contributed by atoms with Crippen LogP contribution in [0.2, 0.25) is 0 Å². The average molecular weight is 835 g/mol. The molecule has 318 valence electrons. The van der Waals surface area contributed by atoms with Gasteiger partial charge in [-0.1, -0.05) is 36.4 Å².